The number of benzene rings is 1. The quantitative estimate of drug-likeness (QED) is 0.347. The molecule has 0 saturated heterocycles. The first-order chi connectivity index (χ1) is 11.7. The number of ether oxygens (including phenoxy) is 1. The van der Waals surface area contributed by atoms with Gasteiger partial charge in [0.2, 0.25) is 0 Å². The first-order valence-electron chi connectivity index (χ1n) is 7.91. The van der Waals surface area contributed by atoms with Crippen LogP contribution in [-0.4, -0.2) is 27.3 Å². The van der Waals surface area contributed by atoms with Crippen molar-refractivity contribution in [3.63, 3.8) is 0 Å². The number of nitro benzene ring substituents is 1. The van der Waals surface area contributed by atoms with Gasteiger partial charge < -0.3 is 9.29 Å². The molecule has 0 spiro atoms. The van der Waals surface area contributed by atoms with Crippen molar-refractivity contribution in [3.8, 4) is 0 Å². The normalized spacial score (nSPS) is 15.9. The zero-order chi connectivity index (χ0) is 20.5. The monoisotopic (exact) mass is 388 g/mol. The molecule has 0 aliphatic heterocycles. The van der Waals surface area contributed by atoms with E-state index in [4.69, 9.17) is 4.74 Å². The minimum atomic E-state index is -1.69. The number of carbonyl (C=O) groups is 1. The molecule has 26 heavy (non-hydrogen) atoms. The summed E-state index contributed by atoms with van der Waals surface area (Å²) in [6.07, 6.45) is 0. The molecule has 0 heterocycles. The van der Waals surface area contributed by atoms with Crippen LogP contribution in [0.25, 0.3) is 0 Å². The number of halogens is 1. The molecule has 0 aliphatic rings. The summed E-state index contributed by atoms with van der Waals surface area (Å²) in [4.78, 5) is 22.9. The molecule has 0 fully saturated rings. The average Bonchev–Trinajstić information content (AvgIpc) is 2.52. The van der Waals surface area contributed by atoms with E-state index in [1.54, 1.807) is 20.8 Å². The summed E-state index contributed by atoms with van der Waals surface area (Å²) in [5, 5.41) is 11.1. The lowest BCUT2D eigenvalue weighted by Gasteiger charge is -2.43. The number of hydrogen-bond acceptors (Lipinski definition) is 6. The topological polar surface area (TPSA) is 105 Å². The predicted octanol–water partition coefficient (Wildman–Crippen LogP) is 3.20. The Morgan fingerprint density at radius 2 is 1.77 bits per heavy atom. The van der Waals surface area contributed by atoms with Crippen molar-refractivity contribution in [1.82, 2.24) is 4.72 Å². The number of hydrogen-bond donors (Lipinski definition) is 1. The third-order valence-corrected chi connectivity index (χ3v) is 6.20. The van der Waals surface area contributed by atoms with Gasteiger partial charge in [0.1, 0.15) is 16.1 Å². The van der Waals surface area contributed by atoms with Gasteiger partial charge >= 0.3 is 5.97 Å². The summed E-state index contributed by atoms with van der Waals surface area (Å²) in [5.74, 6) is -1.43. The number of nitro groups is 1. The van der Waals surface area contributed by atoms with Crippen LogP contribution in [0.4, 0.5) is 10.1 Å². The van der Waals surface area contributed by atoms with Crippen molar-refractivity contribution in [3.05, 3.63) is 39.7 Å². The van der Waals surface area contributed by atoms with Crippen LogP contribution in [0.3, 0.4) is 0 Å². The average molecular weight is 388 g/mol. The fraction of sp³-hybridized carbons (Fsp3) is 0.588. The van der Waals surface area contributed by atoms with Gasteiger partial charge in [-0.1, -0.05) is 0 Å². The van der Waals surface area contributed by atoms with Gasteiger partial charge in [-0.2, -0.15) is 0 Å². The van der Waals surface area contributed by atoms with E-state index >= 15 is 0 Å². The molecule has 2 atom stereocenters. The largest absolute Gasteiger partial charge is 0.598 e. The first-order valence-corrected chi connectivity index (χ1v) is 9.06. The number of methoxy groups -OCH3 is 1. The Morgan fingerprint density at radius 1 is 1.23 bits per heavy atom. The van der Waals surface area contributed by atoms with Crippen LogP contribution in [0, 0.1) is 21.3 Å². The molecule has 0 saturated carbocycles. The van der Waals surface area contributed by atoms with Gasteiger partial charge in [-0.05, 0) is 47.6 Å². The second-order valence-electron chi connectivity index (χ2n) is 7.65. The van der Waals surface area contributed by atoms with Gasteiger partial charge in [-0.25, -0.2) is 4.39 Å². The summed E-state index contributed by atoms with van der Waals surface area (Å²) in [7, 11) is 1.19. The summed E-state index contributed by atoms with van der Waals surface area (Å²) >= 11 is -1.69. The summed E-state index contributed by atoms with van der Waals surface area (Å²) in [5.41, 5.74) is -3.41. The molecule has 0 radical (unpaired) electrons. The van der Waals surface area contributed by atoms with Crippen LogP contribution < -0.4 is 4.72 Å². The van der Waals surface area contributed by atoms with Crippen LogP contribution in [0.5, 0.6) is 0 Å². The number of nitrogens with zero attached hydrogens (tertiary/aromatic N) is 1. The Morgan fingerprint density at radius 3 is 2.19 bits per heavy atom. The van der Waals surface area contributed by atoms with Crippen LogP contribution in [-0.2, 0) is 26.4 Å². The molecule has 1 rings (SSSR count). The summed E-state index contributed by atoms with van der Waals surface area (Å²) in [6, 6.07) is 3.04. The van der Waals surface area contributed by atoms with E-state index in [2.05, 4.69) is 4.72 Å². The summed E-state index contributed by atoms with van der Waals surface area (Å²) in [6.45, 7) is 9.63. The smallest absolute Gasteiger partial charge is 0.313 e. The number of rotatable bonds is 6. The Labute approximate surface area is 155 Å². The second kappa shape index (κ2) is 7.50. The maximum absolute atomic E-state index is 14.7. The van der Waals surface area contributed by atoms with Crippen molar-refractivity contribution in [2.45, 2.75) is 51.8 Å². The molecule has 7 nitrogen and oxygen atoms in total. The van der Waals surface area contributed by atoms with Gasteiger partial charge in [0, 0.05) is 29.1 Å². The number of nitrogens with one attached hydrogen (secondary N) is 1. The highest BCUT2D eigenvalue weighted by atomic mass is 32.2. The first kappa shape index (κ1) is 22.3. The van der Waals surface area contributed by atoms with Crippen molar-refractivity contribution in [1.29, 1.82) is 0 Å². The molecular formula is C17H25FN2O5S. The van der Waals surface area contributed by atoms with E-state index in [0.717, 1.165) is 18.2 Å². The van der Waals surface area contributed by atoms with Crippen LogP contribution in [0.1, 0.15) is 47.1 Å². The van der Waals surface area contributed by atoms with E-state index in [-0.39, 0.29) is 11.3 Å². The standard InChI is InChI=1S/C17H25FN2O5S/c1-15(2,3)26(24)19-17(6,16(4,5)14(21)25-7)12-10-11(20(22)23)8-9-13(12)18/h8-10,19H,1-7H3/t17-,26?/m1/s1. The van der Waals surface area contributed by atoms with Gasteiger partial charge in [0.25, 0.3) is 5.69 Å². The number of esters is 1. The van der Waals surface area contributed by atoms with Crippen molar-refractivity contribution < 1.29 is 23.4 Å². The Hall–Kier alpha value is -1.71. The Kier molecular flexibility index (Phi) is 6.44. The highest BCUT2D eigenvalue weighted by molar-refractivity contribution is 7.90. The molecule has 9 heteroatoms. The van der Waals surface area contributed by atoms with Gasteiger partial charge in [0.15, 0.2) is 0 Å². The van der Waals surface area contributed by atoms with Gasteiger partial charge in [-0.3, -0.25) is 14.9 Å². The molecule has 0 aromatic heterocycles. The maximum atomic E-state index is 14.7. The molecule has 1 aromatic rings. The summed E-state index contributed by atoms with van der Waals surface area (Å²) < 4.78 is 34.3. The zero-order valence-corrected chi connectivity index (χ0v) is 16.8. The highest BCUT2D eigenvalue weighted by Crippen LogP contribution is 2.43. The van der Waals surface area contributed by atoms with E-state index in [1.807, 2.05) is 0 Å². The van der Waals surface area contributed by atoms with Crippen LogP contribution in [0.2, 0.25) is 0 Å². The zero-order valence-electron chi connectivity index (χ0n) is 16.0. The fourth-order valence-electron chi connectivity index (χ4n) is 2.33. The van der Waals surface area contributed by atoms with Crippen LogP contribution in [0.15, 0.2) is 18.2 Å². The molecule has 1 N–H and O–H groups in total. The fourth-order valence-corrected chi connectivity index (χ4v) is 3.37. The Balaban J connectivity index is 3.68. The van der Waals surface area contributed by atoms with Gasteiger partial charge in [0.05, 0.1) is 17.4 Å². The van der Waals surface area contributed by atoms with Crippen LogP contribution >= 0.6 is 0 Å². The number of carbonyl (C=O) groups excluding carboxylic acids is 1. The SMILES string of the molecule is COC(=O)C(C)(C)[C@](C)(N[S+]([O-])C(C)(C)C)c1cc([N+](=O)[O-])ccc1F. The molecule has 0 amide bonds. The Bertz CT molecular complexity index is 705. The van der Waals surface area contributed by atoms with E-state index in [1.165, 1.54) is 27.9 Å². The van der Waals surface area contributed by atoms with E-state index < -0.39 is 43.8 Å². The third kappa shape index (κ3) is 4.16. The van der Waals surface area contributed by atoms with Gasteiger partial charge in [-0.15, -0.1) is 4.72 Å². The molecule has 0 aliphatic carbocycles. The minimum Gasteiger partial charge on any atom is -0.598 e. The van der Waals surface area contributed by atoms with Crippen molar-refractivity contribution in [2.24, 2.45) is 5.41 Å². The van der Waals surface area contributed by atoms with E-state index in [9.17, 15) is 23.9 Å². The maximum Gasteiger partial charge on any atom is 0.313 e. The molecule has 1 unspecified atom stereocenters. The lowest BCUT2D eigenvalue weighted by Crippen LogP contribution is -2.59. The van der Waals surface area contributed by atoms with Crippen molar-refractivity contribution >= 4 is 23.0 Å². The highest BCUT2D eigenvalue weighted by Gasteiger charge is 2.54. The lowest BCUT2D eigenvalue weighted by atomic mass is 9.69. The molecule has 0 bridgehead atoms. The van der Waals surface area contributed by atoms with Crippen molar-refractivity contribution in [2.75, 3.05) is 7.11 Å². The number of non-ortho nitro benzene ring substituents is 1. The predicted molar refractivity (Wildman–Crippen MR) is 97.2 cm³/mol. The minimum absolute atomic E-state index is 0.139. The second-order valence-corrected chi connectivity index (χ2v) is 9.61. The third-order valence-electron chi connectivity index (χ3n) is 4.50. The van der Waals surface area contributed by atoms with E-state index in [0.29, 0.717) is 0 Å². The molecular weight excluding hydrogens is 363 g/mol. The molecule has 1 aromatic carbocycles. The lowest BCUT2D eigenvalue weighted by molar-refractivity contribution is -0.385. The molecule has 146 valence electrons.